The zero-order valence-electron chi connectivity index (χ0n) is 18.5. The van der Waals surface area contributed by atoms with Gasteiger partial charge in [0.25, 0.3) is 0 Å². The Morgan fingerprint density at radius 3 is 1.42 bits per heavy atom. The van der Waals surface area contributed by atoms with Gasteiger partial charge in [0.2, 0.25) is 0 Å². The monoisotopic (exact) mass is 356 g/mol. The van der Waals surface area contributed by atoms with E-state index in [4.69, 9.17) is 4.74 Å². The Labute approximate surface area is 157 Å². The number of thioether (sulfide) groups is 1. The number of ether oxygens (including phenoxy) is 1. The van der Waals surface area contributed by atoms with Crippen molar-refractivity contribution < 1.29 is 4.74 Å². The number of allylic oxidation sites excluding steroid dienone is 2. The van der Waals surface area contributed by atoms with E-state index in [-0.39, 0.29) is 5.60 Å². The molecule has 0 aliphatic carbocycles. The van der Waals surface area contributed by atoms with Crippen molar-refractivity contribution in [2.75, 3.05) is 0 Å². The molecule has 0 fully saturated rings. The average molecular weight is 357 g/mol. The first-order chi connectivity index (χ1) is 10.4. The Morgan fingerprint density at radius 2 is 1.08 bits per heavy atom. The Hall–Kier alpha value is -0.370. The molecule has 0 atom stereocenters. The Balaban J connectivity index is 0. The van der Waals surface area contributed by atoms with Crippen LogP contribution in [0.3, 0.4) is 0 Å². The standard InChI is InChI=1S/C11H22O.C11H22S/c2*1-10(2,3)8-7-9-12-11(4,5)6/h2*7,9H,8H2,1-6H3/b2*9-7-. The predicted molar refractivity (Wildman–Crippen MR) is 115 cm³/mol. The third-order valence-corrected chi connectivity index (χ3v) is 3.53. The fraction of sp³-hybridized carbons (Fsp3) is 0.818. The van der Waals surface area contributed by atoms with E-state index in [9.17, 15) is 0 Å². The predicted octanol–water partition coefficient (Wildman–Crippen LogP) is 8.22. The molecule has 0 spiro atoms. The molecule has 0 radical (unpaired) electrons. The highest BCUT2D eigenvalue weighted by atomic mass is 32.2. The maximum absolute atomic E-state index is 5.44. The summed E-state index contributed by atoms with van der Waals surface area (Å²) in [6, 6.07) is 0. The van der Waals surface area contributed by atoms with E-state index in [1.165, 1.54) is 0 Å². The summed E-state index contributed by atoms with van der Waals surface area (Å²) in [4.78, 5) is 0. The molecule has 0 unspecified atom stereocenters. The summed E-state index contributed by atoms with van der Waals surface area (Å²) in [6.07, 6.45) is 8.39. The lowest BCUT2D eigenvalue weighted by Gasteiger charge is -2.19. The maximum Gasteiger partial charge on any atom is 0.0998 e. The first-order valence-corrected chi connectivity index (χ1v) is 9.95. The zero-order valence-corrected chi connectivity index (χ0v) is 19.4. The molecule has 0 bridgehead atoms. The second kappa shape index (κ2) is 10.6. The molecule has 0 aromatic carbocycles. The third-order valence-electron chi connectivity index (χ3n) is 2.50. The summed E-state index contributed by atoms with van der Waals surface area (Å²) >= 11 is 1.89. The van der Waals surface area contributed by atoms with Crippen LogP contribution in [0.15, 0.2) is 23.8 Å². The van der Waals surface area contributed by atoms with Gasteiger partial charge in [-0.3, -0.25) is 0 Å². The minimum absolute atomic E-state index is 0.0611. The quantitative estimate of drug-likeness (QED) is 0.469. The molecule has 0 aliphatic heterocycles. The Kier molecular flexibility index (Phi) is 11.4. The van der Waals surface area contributed by atoms with Gasteiger partial charge in [0, 0.05) is 4.75 Å². The van der Waals surface area contributed by atoms with Crippen LogP contribution in [0.4, 0.5) is 0 Å². The minimum Gasteiger partial charge on any atom is -0.496 e. The van der Waals surface area contributed by atoms with Crippen molar-refractivity contribution in [3.05, 3.63) is 23.8 Å². The lowest BCUT2D eigenvalue weighted by Crippen LogP contribution is -2.15. The van der Waals surface area contributed by atoms with Gasteiger partial charge >= 0.3 is 0 Å². The lowest BCUT2D eigenvalue weighted by molar-refractivity contribution is 0.0757. The second-order valence-electron chi connectivity index (χ2n) is 10.7. The third kappa shape index (κ3) is 29.6. The van der Waals surface area contributed by atoms with E-state index >= 15 is 0 Å². The van der Waals surface area contributed by atoms with E-state index in [1.54, 1.807) is 0 Å². The molecule has 0 saturated carbocycles. The van der Waals surface area contributed by atoms with Crippen LogP contribution in [0.1, 0.15) is 95.9 Å². The summed E-state index contributed by atoms with van der Waals surface area (Å²) in [5.41, 5.74) is 0.723. The van der Waals surface area contributed by atoms with Crippen LogP contribution in [0, 0.1) is 10.8 Å². The fourth-order valence-electron chi connectivity index (χ4n) is 1.31. The van der Waals surface area contributed by atoms with Gasteiger partial charge in [-0.05, 0) is 55.9 Å². The maximum atomic E-state index is 5.44. The van der Waals surface area contributed by atoms with E-state index in [2.05, 4.69) is 101 Å². The van der Waals surface area contributed by atoms with Gasteiger partial charge in [-0.2, -0.15) is 0 Å². The van der Waals surface area contributed by atoms with Crippen molar-refractivity contribution in [2.24, 2.45) is 10.8 Å². The van der Waals surface area contributed by atoms with Crippen molar-refractivity contribution in [1.82, 2.24) is 0 Å². The molecular formula is C22H44OS. The Morgan fingerprint density at radius 1 is 0.667 bits per heavy atom. The van der Waals surface area contributed by atoms with Gasteiger partial charge in [0.15, 0.2) is 0 Å². The highest BCUT2D eigenvalue weighted by Crippen LogP contribution is 2.26. The van der Waals surface area contributed by atoms with E-state index in [0.29, 0.717) is 15.6 Å². The summed E-state index contributed by atoms with van der Waals surface area (Å²) < 4.78 is 5.80. The van der Waals surface area contributed by atoms with Gasteiger partial charge in [-0.25, -0.2) is 0 Å². The molecule has 0 rings (SSSR count). The van der Waals surface area contributed by atoms with Gasteiger partial charge in [0.05, 0.1) is 11.9 Å². The molecular weight excluding hydrogens is 312 g/mol. The van der Waals surface area contributed by atoms with Gasteiger partial charge in [-0.1, -0.05) is 68.4 Å². The summed E-state index contributed by atoms with van der Waals surface area (Å²) in [7, 11) is 0. The summed E-state index contributed by atoms with van der Waals surface area (Å²) in [5.74, 6) is 0. The van der Waals surface area contributed by atoms with Crippen molar-refractivity contribution in [1.29, 1.82) is 0 Å². The molecule has 1 nitrogen and oxygen atoms in total. The summed E-state index contributed by atoms with van der Waals surface area (Å²) in [5, 5.41) is 2.23. The van der Waals surface area contributed by atoms with Crippen LogP contribution in [0.25, 0.3) is 0 Å². The largest absolute Gasteiger partial charge is 0.496 e. The van der Waals surface area contributed by atoms with Crippen LogP contribution in [0.5, 0.6) is 0 Å². The average Bonchev–Trinajstić information content (AvgIpc) is 2.27. The van der Waals surface area contributed by atoms with Crippen LogP contribution in [-0.4, -0.2) is 10.3 Å². The molecule has 0 amide bonds. The van der Waals surface area contributed by atoms with Crippen molar-refractivity contribution >= 4 is 11.8 Å². The molecule has 144 valence electrons. The van der Waals surface area contributed by atoms with E-state index in [0.717, 1.165) is 12.8 Å². The van der Waals surface area contributed by atoms with Crippen LogP contribution >= 0.6 is 11.8 Å². The van der Waals surface area contributed by atoms with Gasteiger partial charge in [-0.15, -0.1) is 11.8 Å². The normalized spacial score (nSPS) is 14.0. The van der Waals surface area contributed by atoms with Crippen molar-refractivity contribution in [3.63, 3.8) is 0 Å². The molecule has 2 heteroatoms. The number of hydrogen-bond acceptors (Lipinski definition) is 2. The number of hydrogen-bond donors (Lipinski definition) is 0. The summed E-state index contributed by atoms with van der Waals surface area (Å²) in [6.45, 7) is 26.3. The SMILES string of the molecule is CC(C)(C)C/C=C\OC(C)(C)C.CC(C)(C)C/C=C\SC(C)(C)C. The Bertz CT molecular complexity index is 291. The van der Waals surface area contributed by atoms with Crippen LogP contribution < -0.4 is 0 Å². The molecule has 0 heterocycles. The van der Waals surface area contributed by atoms with E-state index < -0.39 is 0 Å². The molecule has 0 aromatic heterocycles. The molecule has 0 N–H and O–H groups in total. The lowest BCUT2D eigenvalue weighted by atomic mass is 9.92. The first-order valence-electron chi connectivity index (χ1n) is 9.07. The van der Waals surface area contributed by atoms with Crippen molar-refractivity contribution in [2.45, 2.75) is 106 Å². The minimum atomic E-state index is -0.0611. The molecule has 24 heavy (non-hydrogen) atoms. The van der Waals surface area contributed by atoms with E-state index in [1.807, 2.05) is 18.0 Å². The highest BCUT2D eigenvalue weighted by molar-refractivity contribution is 8.03. The zero-order chi connectivity index (χ0) is 19.7. The topological polar surface area (TPSA) is 9.23 Å². The van der Waals surface area contributed by atoms with Crippen LogP contribution in [-0.2, 0) is 4.74 Å². The van der Waals surface area contributed by atoms with Crippen molar-refractivity contribution in [3.8, 4) is 0 Å². The van der Waals surface area contributed by atoms with Gasteiger partial charge < -0.3 is 4.74 Å². The first kappa shape index (κ1) is 25.9. The van der Waals surface area contributed by atoms with Gasteiger partial charge in [0.1, 0.15) is 0 Å². The molecule has 0 saturated heterocycles. The van der Waals surface area contributed by atoms with Crippen LogP contribution in [0.2, 0.25) is 0 Å². The molecule has 0 aliphatic rings. The highest BCUT2D eigenvalue weighted by Gasteiger charge is 2.10. The molecule has 0 aromatic rings. The smallest absolute Gasteiger partial charge is 0.0998 e. The second-order valence-corrected chi connectivity index (χ2v) is 12.5. The fourth-order valence-corrected chi connectivity index (χ4v) is 1.91. The number of rotatable bonds is 4.